The molecule has 2 rings (SSSR count). The lowest BCUT2D eigenvalue weighted by Gasteiger charge is -2.11. The molecule has 98 valence electrons. The number of carbonyl (C=O) groups excluding carboxylic acids is 1. The molecule has 0 saturated heterocycles. The van der Waals surface area contributed by atoms with Crippen molar-refractivity contribution in [2.75, 3.05) is 10.6 Å². The number of rotatable bonds is 4. The van der Waals surface area contributed by atoms with Gasteiger partial charge >= 0.3 is 0 Å². The third kappa shape index (κ3) is 3.83. The maximum absolute atomic E-state index is 11.4. The fraction of sp³-hybridized carbons (Fsp3) is 0.133. The Hall–Kier alpha value is -1.81. The predicted octanol–water partition coefficient (Wildman–Crippen LogP) is 4.12. The number of nitrogens with one attached hydrogen (secondary N) is 1. The van der Waals surface area contributed by atoms with Crippen LogP contribution in [0, 0.1) is 6.92 Å². The summed E-state index contributed by atoms with van der Waals surface area (Å²) in [5, 5.41) is 3.04. The minimum absolute atomic E-state index is 0.111. The van der Waals surface area contributed by atoms with Gasteiger partial charge < -0.3 is 10.1 Å². The summed E-state index contributed by atoms with van der Waals surface area (Å²) in [6.07, 6.45) is 0. The summed E-state index contributed by atoms with van der Waals surface area (Å²) in [6, 6.07) is 15.1. The summed E-state index contributed by atoms with van der Waals surface area (Å²) in [6.45, 7) is 2.01. The number of para-hydroxylation sites is 2. The lowest BCUT2D eigenvalue weighted by molar-refractivity contribution is -0.113. The molecule has 0 bridgehead atoms. The number of hydrogen-bond donors (Lipinski definition) is 1. The summed E-state index contributed by atoms with van der Waals surface area (Å²) < 4.78 is 5.81. The van der Waals surface area contributed by atoms with Crippen LogP contribution in [-0.2, 0) is 4.79 Å². The highest BCUT2D eigenvalue weighted by Gasteiger charge is 2.07. The molecular weight excluding hydrogens is 306 g/mol. The first-order valence-corrected chi connectivity index (χ1v) is 7.00. The van der Waals surface area contributed by atoms with E-state index in [1.807, 2.05) is 55.5 Å². The van der Waals surface area contributed by atoms with Crippen molar-refractivity contribution in [1.82, 2.24) is 0 Å². The van der Waals surface area contributed by atoms with Crippen molar-refractivity contribution < 1.29 is 9.53 Å². The Kier molecular flexibility index (Phi) is 4.58. The highest BCUT2D eigenvalue weighted by atomic mass is 79.9. The van der Waals surface area contributed by atoms with Crippen molar-refractivity contribution in [2.24, 2.45) is 0 Å². The van der Waals surface area contributed by atoms with E-state index < -0.39 is 0 Å². The van der Waals surface area contributed by atoms with Gasteiger partial charge in [-0.2, -0.15) is 0 Å². The van der Waals surface area contributed by atoms with Crippen LogP contribution >= 0.6 is 15.9 Å². The summed E-state index contributed by atoms with van der Waals surface area (Å²) in [5.41, 5.74) is 1.79. The largest absolute Gasteiger partial charge is 0.455 e. The van der Waals surface area contributed by atoms with Gasteiger partial charge in [-0.15, -0.1) is 0 Å². The second-order valence-corrected chi connectivity index (χ2v) is 4.66. The molecule has 0 aromatic heterocycles. The zero-order valence-electron chi connectivity index (χ0n) is 10.5. The SMILES string of the molecule is Cc1cccc(Oc2ccccc2NC(=O)CBr)c1. The van der Waals surface area contributed by atoms with Gasteiger partial charge in [-0.1, -0.05) is 40.2 Å². The predicted molar refractivity (Wildman–Crippen MR) is 80.1 cm³/mol. The molecule has 0 spiro atoms. The number of alkyl halides is 1. The minimum Gasteiger partial charge on any atom is -0.455 e. The van der Waals surface area contributed by atoms with Crippen LogP contribution in [0.3, 0.4) is 0 Å². The van der Waals surface area contributed by atoms with Crippen molar-refractivity contribution in [3.05, 3.63) is 54.1 Å². The Morgan fingerprint density at radius 3 is 2.74 bits per heavy atom. The van der Waals surface area contributed by atoms with Crippen molar-refractivity contribution in [1.29, 1.82) is 0 Å². The van der Waals surface area contributed by atoms with E-state index in [4.69, 9.17) is 4.74 Å². The molecule has 0 unspecified atom stereocenters. The molecule has 4 heteroatoms. The standard InChI is InChI=1S/C15H14BrNO2/c1-11-5-4-6-12(9-11)19-14-8-3-2-7-13(14)17-15(18)10-16/h2-9H,10H2,1H3,(H,17,18). The topological polar surface area (TPSA) is 38.3 Å². The monoisotopic (exact) mass is 319 g/mol. The van der Waals surface area contributed by atoms with Crippen LogP contribution in [-0.4, -0.2) is 11.2 Å². The number of ether oxygens (including phenoxy) is 1. The summed E-state index contributed by atoms with van der Waals surface area (Å²) >= 11 is 3.12. The number of aryl methyl sites for hydroxylation is 1. The number of anilines is 1. The Labute approximate surface area is 120 Å². The van der Waals surface area contributed by atoms with Crippen LogP contribution in [0.2, 0.25) is 0 Å². The molecule has 0 atom stereocenters. The van der Waals surface area contributed by atoms with Crippen molar-refractivity contribution >= 4 is 27.5 Å². The van der Waals surface area contributed by atoms with Gasteiger partial charge in [-0.3, -0.25) is 4.79 Å². The Balaban J connectivity index is 2.22. The molecule has 1 N–H and O–H groups in total. The van der Waals surface area contributed by atoms with E-state index in [2.05, 4.69) is 21.2 Å². The second-order valence-electron chi connectivity index (χ2n) is 4.10. The number of carbonyl (C=O) groups is 1. The van der Waals surface area contributed by atoms with Crippen LogP contribution in [0.15, 0.2) is 48.5 Å². The summed E-state index contributed by atoms with van der Waals surface area (Å²) in [5.74, 6) is 1.27. The van der Waals surface area contributed by atoms with Gasteiger partial charge in [0, 0.05) is 0 Å². The normalized spacial score (nSPS) is 10.0. The van der Waals surface area contributed by atoms with Gasteiger partial charge in [-0.25, -0.2) is 0 Å². The Morgan fingerprint density at radius 2 is 2.00 bits per heavy atom. The maximum Gasteiger partial charge on any atom is 0.235 e. The third-order valence-electron chi connectivity index (χ3n) is 2.50. The molecule has 1 amide bonds. The number of amides is 1. The first kappa shape index (κ1) is 13.6. The Bertz CT molecular complexity index is 584. The van der Waals surface area contributed by atoms with Crippen LogP contribution < -0.4 is 10.1 Å². The van der Waals surface area contributed by atoms with Gasteiger partial charge in [0.15, 0.2) is 5.75 Å². The summed E-state index contributed by atoms with van der Waals surface area (Å²) in [4.78, 5) is 11.4. The van der Waals surface area contributed by atoms with E-state index in [0.29, 0.717) is 11.4 Å². The van der Waals surface area contributed by atoms with E-state index in [1.54, 1.807) is 0 Å². The molecule has 0 aliphatic heterocycles. The minimum atomic E-state index is -0.111. The van der Waals surface area contributed by atoms with Gasteiger partial charge in [0.05, 0.1) is 11.0 Å². The highest BCUT2D eigenvalue weighted by Crippen LogP contribution is 2.29. The molecule has 0 fully saturated rings. The molecule has 3 nitrogen and oxygen atoms in total. The number of benzene rings is 2. The van der Waals surface area contributed by atoms with Crippen LogP contribution in [0.25, 0.3) is 0 Å². The molecular formula is C15H14BrNO2. The third-order valence-corrected chi connectivity index (χ3v) is 3.01. The molecule has 19 heavy (non-hydrogen) atoms. The van der Waals surface area contributed by atoms with Crippen LogP contribution in [0.1, 0.15) is 5.56 Å². The zero-order valence-corrected chi connectivity index (χ0v) is 12.1. The van der Waals surface area contributed by atoms with Gasteiger partial charge in [0.1, 0.15) is 5.75 Å². The molecule has 2 aromatic carbocycles. The molecule has 0 aliphatic rings. The van der Waals surface area contributed by atoms with E-state index in [-0.39, 0.29) is 11.2 Å². The molecule has 0 heterocycles. The Morgan fingerprint density at radius 1 is 1.21 bits per heavy atom. The van der Waals surface area contributed by atoms with Gasteiger partial charge in [-0.05, 0) is 36.8 Å². The lowest BCUT2D eigenvalue weighted by atomic mass is 10.2. The van der Waals surface area contributed by atoms with Gasteiger partial charge in [0.2, 0.25) is 5.91 Å². The highest BCUT2D eigenvalue weighted by molar-refractivity contribution is 9.09. The van der Waals surface area contributed by atoms with Crippen molar-refractivity contribution in [3.63, 3.8) is 0 Å². The molecule has 0 aliphatic carbocycles. The first-order chi connectivity index (χ1) is 9.19. The van der Waals surface area contributed by atoms with Crippen molar-refractivity contribution in [2.45, 2.75) is 6.92 Å². The smallest absolute Gasteiger partial charge is 0.235 e. The first-order valence-electron chi connectivity index (χ1n) is 5.88. The maximum atomic E-state index is 11.4. The quantitative estimate of drug-likeness (QED) is 0.861. The average molecular weight is 320 g/mol. The fourth-order valence-electron chi connectivity index (χ4n) is 1.65. The molecule has 0 radical (unpaired) electrons. The number of halogens is 1. The molecule has 0 saturated carbocycles. The molecule has 2 aromatic rings. The average Bonchev–Trinajstić information content (AvgIpc) is 2.41. The van der Waals surface area contributed by atoms with Crippen LogP contribution in [0.5, 0.6) is 11.5 Å². The fourth-order valence-corrected chi connectivity index (χ4v) is 1.79. The van der Waals surface area contributed by atoms with E-state index in [0.717, 1.165) is 11.3 Å². The van der Waals surface area contributed by atoms with E-state index >= 15 is 0 Å². The van der Waals surface area contributed by atoms with Crippen LogP contribution in [0.4, 0.5) is 5.69 Å². The van der Waals surface area contributed by atoms with Crippen molar-refractivity contribution in [3.8, 4) is 11.5 Å². The zero-order chi connectivity index (χ0) is 13.7. The van der Waals surface area contributed by atoms with E-state index in [9.17, 15) is 4.79 Å². The summed E-state index contributed by atoms with van der Waals surface area (Å²) in [7, 11) is 0. The number of hydrogen-bond acceptors (Lipinski definition) is 2. The van der Waals surface area contributed by atoms with Gasteiger partial charge in [0.25, 0.3) is 0 Å². The lowest BCUT2D eigenvalue weighted by Crippen LogP contribution is -2.12. The van der Waals surface area contributed by atoms with E-state index in [1.165, 1.54) is 0 Å². The second kappa shape index (κ2) is 6.38.